The minimum atomic E-state index is -1.70. The van der Waals surface area contributed by atoms with Crippen molar-refractivity contribution in [3.8, 4) is 0 Å². The van der Waals surface area contributed by atoms with Gasteiger partial charge in [0.1, 0.15) is 32.3 Å². The lowest BCUT2D eigenvalue weighted by Gasteiger charge is -2.42. The monoisotopic (exact) mass is 1130 g/mol. The van der Waals surface area contributed by atoms with E-state index < -0.39 is 32.3 Å². The van der Waals surface area contributed by atoms with Crippen LogP contribution in [0, 0.1) is 13.8 Å². The molecule has 8 heteroatoms. The Morgan fingerprint density at radius 2 is 0.459 bits per heavy atom. The second-order valence-electron chi connectivity index (χ2n) is 27.1. The normalized spacial score (nSPS) is 13.9. The lowest BCUT2D eigenvalue weighted by atomic mass is 10.00. The van der Waals surface area contributed by atoms with Crippen LogP contribution in [0.4, 0.5) is 0 Å². The number of hydrogen-bond donors (Lipinski definition) is 0. The van der Waals surface area contributed by atoms with Gasteiger partial charge in [0.2, 0.25) is 0 Å². The maximum atomic E-state index is 2.63. The van der Waals surface area contributed by atoms with Crippen LogP contribution in [-0.4, -0.2) is 32.3 Å². The van der Waals surface area contributed by atoms with Gasteiger partial charge in [0.25, 0.3) is 0 Å². The topological polar surface area (TPSA) is 0 Å². The second-order valence-corrected chi connectivity index (χ2v) is 56.2. The van der Waals surface area contributed by atoms with E-state index in [4.69, 9.17) is 0 Å². The van der Waals surface area contributed by atoms with Crippen LogP contribution in [0.5, 0.6) is 0 Å². The summed E-state index contributed by atoms with van der Waals surface area (Å²) in [5.41, 5.74) is 11.7. The van der Waals surface area contributed by atoms with E-state index >= 15 is 0 Å². The number of benzene rings is 4. The standard InChI is InChI=1S/C34H52S2Si2.C32H48S2Si2/c1-19(2)37(20(3)4,21(5)6)31-17-27-25(13)15-30-29(33(27)35-31)16-26(14)28-18-32(36-34(28)30)38(22(7)8,23(9)10)24(11)12;1-19(2)35(20(3)4,21(5)6)29-17-25-13-15-28-27(31(25)33-29)16-14-26-18-30(34-32(26)28)36(22(7)8,23(9)10)24(11)12/h15-24H,1-14H3;13-24H,1-12H3. The molecule has 8 rings (SSSR count). The molecule has 0 amide bonds. The van der Waals surface area contributed by atoms with Crippen LogP contribution in [0.15, 0.2) is 60.7 Å². The fourth-order valence-corrected chi connectivity index (χ4v) is 58.4. The van der Waals surface area contributed by atoms with Crippen molar-refractivity contribution in [2.45, 2.75) is 247 Å². The van der Waals surface area contributed by atoms with Gasteiger partial charge in [-0.15, -0.1) is 45.3 Å². The molecule has 0 unspecified atom stereocenters. The Morgan fingerprint density at radius 1 is 0.243 bits per heavy atom. The lowest BCUT2D eigenvalue weighted by molar-refractivity contribution is 0.837. The smallest absolute Gasteiger partial charge is 0.107 e. The van der Waals surface area contributed by atoms with Gasteiger partial charge in [0, 0.05) is 40.3 Å². The van der Waals surface area contributed by atoms with E-state index in [2.05, 4.69) is 286 Å². The van der Waals surface area contributed by atoms with Gasteiger partial charge in [-0.05, 0) is 167 Å². The summed E-state index contributed by atoms with van der Waals surface area (Å²) in [6.45, 7) is 64.5. The number of rotatable bonds is 16. The maximum Gasteiger partial charge on any atom is 0.107 e. The van der Waals surface area contributed by atoms with E-state index in [1.54, 1.807) is 18.0 Å². The van der Waals surface area contributed by atoms with Gasteiger partial charge in [-0.2, -0.15) is 0 Å². The molecule has 0 radical (unpaired) electrons. The Hall–Kier alpha value is -1.89. The number of fused-ring (bicyclic) bond motifs is 10. The van der Waals surface area contributed by atoms with E-state index in [-0.39, 0.29) is 0 Å². The predicted molar refractivity (Wildman–Crippen MR) is 362 cm³/mol. The Labute approximate surface area is 472 Å². The Bertz CT molecular complexity index is 2960. The Balaban J connectivity index is 0.000000217. The second kappa shape index (κ2) is 22.0. The first-order valence-electron chi connectivity index (χ1n) is 29.2. The van der Waals surface area contributed by atoms with Crippen LogP contribution < -0.4 is 18.0 Å². The summed E-state index contributed by atoms with van der Waals surface area (Å²) in [5.74, 6) is 0. The predicted octanol–water partition coefficient (Wildman–Crippen LogP) is 22.7. The first-order chi connectivity index (χ1) is 34.4. The zero-order valence-electron chi connectivity index (χ0n) is 51.3. The van der Waals surface area contributed by atoms with Gasteiger partial charge in [-0.25, -0.2) is 0 Å². The van der Waals surface area contributed by atoms with Crippen molar-refractivity contribution in [2.75, 3.05) is 0 Å². The summed E-state index contributed by atoms with van der Waals surface area (Å²) >= 11 is 8.56. The van der Waals surface area contributed by atoms with Crippen LogP contribution in [0.25, 0.3) is 61.9 Å². The quantitative estimate of drug-likeness (QED) is 0.0846. The molecule has 0 aliphatic carbocycles. The van der Waals surface area contributed by atoms with Crippen molar-refractivity contribution in [3.63, 3.8) is 0 Å². The average Bonchev–Trinajstić information content (AvgIpc) is 4.09. The van der Waals surface area contributed by atoms with Gasteiger partial charge in [0.15, 0.2) is 0 Å². The summed E-state index contributed by atoms with van der Waals surface area (Å²) in [6.07, 6.45) is 0. The van der Waals surface area contributed by atoms with Crippen molar-refractivity contribution < 1.29 is 0 Å². The summed E-state index contributed by atoms with van der Waals surface area (Å²) in [6, 6.07) is 25.2. The molecule has 404 valence electrons. The molecule has 0 atom stereocenters. The Kier molecular flexibility index (Phi) is 17.7. The third-order valence-corrected chi connectivity index (χ3v) is 56.5. The van der Waals surface area contributed by atoms with Crippen molar-refractivity contribution in [1.82, 2.24) is 0 Å². The van der Waals surface area contributed by atoms with Crippen LogP contribution in [0.1, 0.15) is 177 Å². The SMILES string of the molecule is CC(C)[Si](c1cc2ccc3c(ccc4cc([Si](C(C)C)(C(C)C)C(C)C)sc43)c2s1)(C(C)C)C(C)C.Cc1cc2c(cc(C)c3cc([Si](C(C)C)(C(C)C)C(C)C)sc32)c2sc([Si](C(C)C)(C(C)C)C(C)C)cc12. The number of hydrogen-bond acceptors (Lipinski definition) is 4. The highest BCUT2D eigenvalue weighted by Crippen LogP contribution is 2.50. The molecule has 0 nitrogen and oxygen atoms in total. The summed E-state index contributed by atoms with van der Waals surface area (Å²) < 4.78 is 13.0. The van der Waals surface area contributed by atoms with Crippen LogP contribution in [-0.2, 0) is 0 Å². The molecule has 4 aromatic carbocycles. The molecule has 0 spiro atoms. The van der Waals surface area contributed by atoms with Crippen molar-refractivity contribution in [1.29, 1.82) is 0 Å². The molecule has 0 aliphatic heterocycles. The third-order valence-electron chi connectivity index (χ3n) is 20.1. The van der Waals surface area contributed by atoms with Crippen molar-refractivity contribution >= 4 is 158 Å². The Morgan fingerprint density at radius 3 is 0.689 bits per heavy atom. The van der Waals surface area contributed by atoms with Gasteiger partial charge in [0.05, 0.1) is 0 Å². The minimum Gasteiger partial charge on any atom is -0.144 e. The first-order valence-corrected chi connectivity index (χ1v) is 41.4. The molecular weight excluding hydrogens is 1030 g/mol. The average molecular weight is 1130 g/mol. The van der Waals surface area contributed by atoms with Crippen molar-refractivity contribution in [2.24, 2.45) is 0 Å². The van der Waals surface area contributed by atoms with Gasteiger partial charge < -0.3 is 0 Å². The number of aryl methyl sites for hydroxylation is 2. The maximum absolute atomic E-state index is 2.63. The largest absolute Gasteiger partial charge is 0.144 e. The van der Waals surface area contributed by atoms with Gasteiger partial charge in [-0.1, -0.05) is 190 Å². The molecule has 4 heterocycles. The molecular formula is C66H100S4Si4. The molecule has 0 fully saturated rings. The molecule has 4 aromatic heterocycles. The highest BCUT2D eigenvalue weighted by molar-refractivity contribution is 7.35. The van der Waals surface area contributed by atoms with E-state index in [9.17, 15) is 0 Å². The molecule has 0 N–H and O–H groups in total. The molecule has 74 heavy (non-hydrogen) atoms. The van der Waals surface area contributed by atoms with Gasteiger partial charge >= 0.3 is 0 Å². The van der Waals surface area contributed by atoms with E-state index in [0.29, 0.717) is 0 Å². The molecule has 0 bridgehead atoms. The summed E-state index contributed by atoms with van der Waals surface area (Å²) in [5, 5.41) is 11.8. The van der Waals surface area contributed by atoms with Crippen molar-refractivity contribution in [3.05, 3.63) is 71.8 Å². The van der Waals surface area contributed by atoms with Crippen LogP contribution >= 0.6 is 45.3 Å². The van der Waals surface area contributed by atoms with E-state index in [0.717, 1.165) is 66.5 Å². The number of thiophene rings is 4. The van der Waals surface area contributed by atoms with Gasteiger partial charge in [-0.3, -0.25) is 0 Å². The first kappa shape index (κ1) is 59.8. The summed E-state index contributed by atoms with van der Waals surface area (Å²) in [4.78, 5) is 0. The molecule has 0 aliphatic rings. The molecule has 0 saturated carbocycles. The third kappa shape index (κ3) is 9.07. The molecule has 8 aromatic rings. The zero-order chi connectivity index (χ0) is 55.2. The zero-order valence-corrected chi connectivity index (χ0v) is 58.6. The van der Waals surface area contributed by atoms with Crippen LogP contribution in [0.3, 0.4) is 0 Å². The minimum absolute atomic E-state index is 0.733. The fraction of sp³-hybridized carbons (Fsp3) is 0.576. The van der Waals surface area contributed by atoms with Crippen LogP contribution in [0.2, 0.25) is 66.5 Å². The highest BCUT2D eigenvalue weighted by Gasteiger charge is 2.49. The fourth-order valence-electron chi connectivity index (χ4n) is 17.6. The molecule has 0 saturated heterocycles. The van der Waals surface area contributed by atoms with E-state index in [1.165, 1.54) is 73.0 Å². The highest BCUT2D eigenvalue weighted by atomic mass is 32.1. The summed E-state index contributed by atoms with van der Waals surface area (Å²) in [7, 11) is -6.71. The van der Waals surface area contributed by atoms with E-state index in [1.807, 2.05) is 0 Å². The lowest BCUT2D eigenvalue weighted by Crippen LogP contribution is -2.54.